The summed E-state index contributed by atoms with van der Waals surface area (Å²) >= 11 is 3.07. The molecule has 0 atom stereocenters. The molecule has 4 heteroatoms. The lowest BCUT2D eigenvalue weighted by molar-refractivity contribution is 0.622. The molecular weight excluding hydrogens is 249 g/mol. The second kappa shape index (κ2) is 3.20. The number of H-pyrrole nitrogens is 1. The minimum absolute atomic E-state index is 0.187. The number of aryl methyl sites for hydroxylation is 1. The van der Waals surface area contributed by atoms with E-state index in [2.05, 4.69) is 20.9 Å². The van der Waals surface area contributed by atoms with Crippen LogP contribution in [-0.2, 0) is 0 Å². The molecule has 0 bridgehead atoms. The quantitative estimate of drug-likeness (QED) is 0.772. The van der Waals surface area contributed by atoms with Crippen LogP contribution in [0.15, 0.2) is 27.6 Å². The van der Waals surface area contributed by atoms with Crippen molar-refractivity contribution in [1.29, 1.82) is 0 Å². The third kappa shape index (κ3) is 1.26. The number of hydrogen-bond acceptors (Lipinski definition) is 1. The lowest BCUT2D eigenvalue weighted by Crippen LogP contribution is -2.03. The Morgan fingerprint density at radius 1 is 1.50 bits per heavy atom. The van der Waals surface area contributed by atoms with Gasteiger partial charge >= 0.3 is 0 Å². The van der Waals surface area contributed by atoms with Crippen LogP contribution in [0.4, 0.5) is 4.39 Å². The van der Waals surface area contributed by atoms with Crippen LogP contribution in [0, 0.1) is 12.7 Å². The standard InChI is InChI=1S/C10H7BrFNO/c1-5-4-6(12)9(11)8-7(14)2-3-13-10(5)8/h2-4H,1H3,(H,13,14). The lowest BCUT2D eigenvalue weighted by atomic mass is 10.1. The summed E-state index contributed by atoms with van der Waals surface area (Å²) in [6.45, 7) is 1.76. The predicted molar refractivity (Wildman–Crippen MR) is 57.0 cm³/mol. The van der Waals surface area contributed by atoms with Gasteiger partial charge in [-0.1, -0.05) is 0 Å². The zero-order valence-corrected chi connectivity index (χ0v) is 8.98. The van der Waals surface area contributed by atoms with Gasteiger partial charge in [0.15, 0.2) is 5.43 Å². The Bertz CT molecular complexity index is 562. The van der Waals surface area contributed by atoms with Gasteiger partial charge in [0.2, 0.25) is 0 Å². The van der Waals surface area contributed by atoms with Crippen molar-refractivity contribution in [3.8, 4) is 0 Å². The Kier molecular flexibility index (Phi) is 2.15. The molecule has 2 aromatic rings. The fourth-order valence-corrected chi connectivity index (χ4v) is 1.96. The van der Waals surface area contributed by atoms with Gasteiger partial charge in [-0.2, -0.15) is 0 Å². The number of halogens is 2. The Hall–Kier alpha value is -1.16. The van der Waals surface area contributed by atoms with Gasteiger partial charge in [0.05, 0.1) is 15.4 Å². The van der Waals surface area contributed by atoms with E-state index in [1.165, 1.54) is 12.1 Å². The molecule has 1 heterocycles. The average molecular weight is 256 g/mol. The van der Waals surface area contributed by atoms with Gasteiger partial charge in [-0.05, 0) is 34.5 Å². The van der Waals surface area contributed by atoms with Crippen molar-refractivity contribution in [2.24, 2.45) is 0 Å². The van der Waals surface area contributed by atoms with Gasteiger partial charge in [-0.3, -0.25) is 4.79 Å². The van der Waals surface area contributed by atoms with Gasteiger partial charge in [0, 0.05) is 12.3 Å². The normalized spacial score (nSPS) is 10.8. The summed E-state index contributed by atoms with van der Waals surface area (Å²) in [5, 5.41) is 0.366. The first-order valence-corrected chi connectivity index (χ1v) is 4.86. The third-order valence-corrected chi connectivity index (χ3v) is 2.90. The van der Waals surface area contributed by atoms with Gasteiger partial charge in [0.25, 0.3) is 0 Å². The average Bonchev–Trinajstić information content (AvgIpc) is 2.14. The van der Waals surface area contributed by atoms with Crippen molar-refractivity contribution >= 4 is 26.8 Å². The molecule has 1 aromatic heterocycles. The Morgan fingerprint density at radius 3 is 2.93 bits per heavy atom. The monoisotopic (exact) mass is 255 g/mol. The number of rotatable bonds is 0. The van der Waals surface area contributed by atoms with E-state index >= 15 is 0 Å². The van der Waals surface area contributed by atoms with Gasteiger partial charge < -0.3 is 4.98 Å². The lowest BCUT2D eigenvalue weighted by Gasteiger charge is -2.04. The van der Waals surface area contributed by atoms with Crippen molar-refractivity contribution in [3.63, 3.8) is 0 Å². The molecule has 0 saturated heterocycles. The molecule has 0 saturated carbocycles. The summed E-state index contributed by atoms with van der Waals surface area (Å²) in [4.78, 5) is 14.4. The highest BCUT2D eigenvalue weighted by Crippen LogP contribution is 2.25. The zero-order chi connectivity index (χ0) is 10.3. The fraction of sp³-hybridized carbons (Fsp3) is 0.100. The maximum Gasteiger partial charge on any atom is 0.190 e. The Balaban J connectivity index is 3.11. The first-order chi connectivity index (χ1) is 6.61. The number of aromatic nitrogens is 1. The SMILES string of the molecule is Cc1cc(F)c(Br)c2c(=O)cc[nH]c12. The maximum atomic E-state index is 13.3. The molecule has 1 N–H and O–H groups in total. The van der Waals surface area contributed by atoms with Gasteiger partial charge in [-0.15, -0.1) is 0 Å². The molecular formula is C10H7BrFNO. The molecule has 2 rings (SSSR count). The topological polar surface area (TPSA) is 32.9 Å². The van der Waals surface area contributed by atoms with Crippen LogP contribution in [0.3, 0.4) is 0 Å². The number of pyridine rings is 1. The molecule has 0 spiro atoms. The molecule has 2 nitrogen and oxygen atoms in total. The fourth-order valence-electron chi connectivity index (χ4n) is 1.45. The van der Waals surface area contributed by atoms with E-state index in [1.807, 2.05) is 0 Å². The number of nitrogens with one attached hydrogen (secondary N) is 1. The van der Waals surface area contributed by atoms with Crippen molar-refractivity contribution in [1.82, 2.24) is 4.98 Å². The minimum atomic E-state index is -0.410. The molecule has 14 heavy (non-hydrogen) atoms. The number of aromatic amines is 1. The highest BCUT2D eigenvalue weighted by Gasteiger charge is 2.10. The molecule has 1 aromatic carbocycles. The second-order valence-electron chi connectivity index (χ2n) is 3.08. The molecule has 0 unspecified atom stereocenters. The van der Waals surface area contributed by atoms with Crippen LogP contribution in [0.25, 0.3) is 10.9 Å². The van der Waals surface area contributed by atoms with Gasteiger partial charge in [0.1, 0.15) is 5.82 Å². The number of hydrogen-bond donors (Lipinski definition) is 1. The Labute approximate surface area is 87.9 Å². The molecule has 0 aliphatic heterocycles. The van der Waals surface area contributed by atoms with E-state index in [0.717, 1.165) is 5.56 Å². The predicted octanol–water partition coefficient (Wildman–Crippen LogP) is 2.74. The molecule has 0 radical (unpaired) electrons. The van der Waals surface area contributed by atoms with E-state index < -0.39 is 5.82 Å². The summed E-state index contributed by atoms with van der Waals surface area (Å²) in [5.74, 6) is -0.410. The molecule has 0 amide bonds. The van der Waals surface area contributed by atoms with Crippen LogP contribution in [0.5, 0.6) is 0 Å². The second-order valence-corrected chi connectivity index (χ2v) is 3.87. The van der Waals surface area contributed by atoms with Crippen molar-refractivity contribution in [2.75, 3.05) is 0 Å². The van der Waals surface area contributed by atoms with E-state index in [0.29, 0.717) is 10.9 Å². The van der Waals surface area contributed by atoms with Crippen molar-refractivity contribution in [3.05, 3.63) is 44.4 Å². The summed E-state index contributed by atoms with van der Waals surface area (Å²) in [6.07, 6.45) is 1.56. The van der Waals surface area contributed by atoms with Gasteiger partial charge in [-0.25, -0.2) is 4.39 Å². The highest BCUT2D eigenvalue weighted by atomic mass is 79.9. The van der Waals surface area contributed by atoms with Crippen LogP contribution in [-0.4, -0.2) is 4.98 Å². The largest absolute Gasteiger partial charge is 0.361 e. The van der Waals surface area contributed by atoms with E-state index in [4.69, 9.17) is 0 Å². The van der Waals surface area contributed by atoms with Crippen LogP contribution >= 0.6 is 15.9 Å². The maximum absolute atomic E-state index is 13.3. The molecule has 72 valence electrons. The van der Waals surface area contributed by atoms with Crippen LogP contribution in [0.2, 0.25) is 0 Å². The first kappa shape index (κ1) is 9.40. The summed E-state index contributed by atoms with van der Waals surface area (Å²) in [7, 11) is 0. The zero-order valence-electron chi connectivity index (χ0n) is 7.40. The summed E-state index contributed by atoms with van der Waals surface area (Å²) in [5.41, 5.74) is 1.21. The minimum Gasteiger partial charge on any atom is -0.361 e. The van der Waals surface area contributed by atoms with Crippen LogP contribution < -0.4 is 5.43 Å². The molecule has 0 aliphatic carbocycles. The van der Waals surface area contributed by atoms with Crippen molar-refractivity contribution in [2.45, 2.75) is 6.92 Å². The van der Waals surface area contributed by atoms with E-state index in [-0.39, 0.29) is 9.90 Å². The first-order valence-electron chi connectivity index (χ1n) is 4.07. The third-order valence-electron chi connectivity index (χ3n) is 2.13. The van der Waals surface area contributed by atoms with Crippen molar-refractivity contribution < 1.29 is 4.39 Å². The van der Waals surface area contributed by atoms with Crippen LogP contribution in [0.1, 0.15) is 5.56 Å². The molecule has 0 fully saturated rings. The number of fused-ring (bicyclic) bond motifs is 1. The Morgan fingerprint density at radius 2 is 2.21 bits per heavy atom. The molecule has 0 aliphatic rings. The smallest absolute Gasteiger partial charge is 0.190 e. The number of benzene rings is 1. The summed E-state index contributed by atoms with van der Waals surface area (Å²) < 4.78 is 13.5. The highest BCUT2D eigenvalue weighted by molar-refractivity contribution is 9.10. The van der Waals surface area contributed by atoms with E-state index in [9.17, 15) is 9.18 Å². The summed E-state index contributed by atoms with van der Waals surface area (Å²) in [6, 6.07) is 2.77. The van der Waals surface area contributed by atoms with E-state index in [1.54, 1.807) is 13.1 Å².